The molecule has 17 heavy (non-hydrogen) atoms. The van der Waals surface area contributed by atoms with Crippen LogP contribution in [0.3, 0.4) is 0 Å². The standard InChI is InChI=1S/C12H14N2O3/c1-8(15)6-14-10-4-2-3-5-11(10)17-7-9(13)12(14)16/h2-5,9H,6-7,13H2,1H3/t9-/m0/s1. The molecule has 1 aliphatic rings. The van der Waals surface area contributed by atoms with Crippen LogP contribution in [0.4, 0.5) is 5.69 Å². The molecule has 1 aliphatic heterocycles. The third-order valence-corrected chi connectivity index (χ3v) is 2.54. The predicted molar refractivity (Wildman–Crippen MR) is 62.9 cm³/mol. The van der Waals surface area contributed by atoms with Gasteiger partial charge in [-0.1, -0.05) is 12.1 Å². The molecule has 0 saturated carbocycles. The Morgan fingerprint density at radius 1 is 1.53 bits per heavy atom. The van der Waals surface area contributed by atoms with Crippen molar-refractivity contribution in [2.75, 3.05) is 18.1 Å². The molecule has 0 aliphatic carbocycles. The van der Waals surface area contributed by atoms with E-state index in [9.17, 15) is 9.59 Å². The summed E-state index contributed by atoms with van der Waals surface area (Å²) in [5, 5.41) is 0. The topological polar surface area (TPSA) is 72.6 Å². The minimum Gasteiger partial charge on any atom is -0.489 e. The van der Waals surface area contributed by atoms with Gasteiger partial charge in [0.15, 0.2) is 0 Å². The number of benzene rings is 1. The Kier molecular flexibility index (Phi) is 3.10. The van der Waals surface area contributed by atoms with E-state index in [1.165, 1.54) is 11.8 Å². The molecule has 2 rings (SSSR count). The molecule has 0 unspecified atom stereocenters. The number of carbonyl (C=O) groups is 2. The van der Waals surface area contributed by atoms with Gasteiger partial charge in [-0.2, -0.15) is 0 Å². The van der Waals surface area contributed by atoms with Gasteiger partial charge in [-0.25, -0.2) is 0 Å². The SMILES string of the molecule is CC(=O)CN1C(=O)[C@@H](N)COc2ccccc21. The fraction of sp³-hybridized carbons (Fsp3) is 0.333. The van der Waals surface area contributed by atoms with Crippen LogP contribution in [0.25, 0.3) is 0 Å². The molecule has 1 atom stereocenters. The summed E-state index contributed by atoms with van der Waals surface area (Å²) in [6.07, 6.45) is 0. The zero-order valence-corrected chi connectivity index (χ0v) is 9.55. The molecule has 2 N–H and O–H groups in total. The predicted octanol–water partition coefficient (Wildman–Crippen LogP) is 0.328. The number of amides is 1. The zero-order valence-electron chi connectivity index (χ0n) is 9.55. The van der Waals surface area contributed by atoms with Crippen LogP contribution in [0.5, 0.6) is 5.75 Å². The van der Waals surface area contributed by atoms with Gasteiger partial charge in [-0.3, -0.25) is 9.59 Å². The lowest BCUT2D eigenvalue weighted by molar-refractivity contribution is -0.122. The molecule has 0 bridgehead atoms. The first-order chi connectivity index (χ1) is 8.09. The molecule has 1 amide bonds. The van der Waals surface area contributed by atoms with Gasteiger partial charge in [0, 0.05) is 0 Å². The average Bonchev–Trinajstić information content (AvgIpc) is 2.42. The maximum absolute atomic E-state index is 12.0. The Labute approximate surface area is 99.2 Å². The van der Waals surface area contributed by atoms with Crippen molar-refractivity contribution in [3.05, 3.63) is 24.3 Å². The first-order valence-electron chi connectivity index (χ1n) is 5.38. The van der Waals surface area contributed by atoms with E-state index in [-0.39, 0.29) is 24.8 Å². The third kappa shape index (κ3) is 2.29. The van der Waals surface area contributed by atoms with Crippen LogP contribution < -0.4 is 15.4 Å². The molecule has 1 aromatic carbocycles. The maximum atomic E-state index is 12.0. The molecule has 0 spiro atoms. The lowest BCUT2D eigenvalue weighted by atomic mass is 10.2. The molecule has 0 fully saturated rings. The van der Waals surface area contributed by atoms with Crippen molar-refractivity contribution < 1.29 is 14.3 Å². The second-order valence-electron chi connectivity index (χ2n) is 4.01. The molecule has 1 aromatic rings. The van der Waals surface area contributed by atoms with Crippen LogP contribution in [-0.4, -0.2) is 30.9 Å². The average molecular weight is 234 g/mol. The van der Waals surface area contributed by atoms with Crippen molar-refractivity contribution in [2.24, 2.45) is 5.73 Å². The monoisotopic (exact) mass is 234 g/mol. The first kappa shape index (κ1) is 11.6. The lowest BCUT2D eigenvalue weighted by Crippen LogP contribution is -2.46. The Bertz CT molecular complexity index is 459. The summed E-state index contributed by atoms with van der Waals surface area (Å²) in [6, 6.07) is 6.37. The van der Waals surface area contributed by atoms with E-state index in [1.54, 1.807) is 18.2 Å². The van der Waals surface area contributed by atoms with Gasteiger partial charge < -0.3 is 15.4 Å². The maximum Gasteiger partial charge on any atom is 0.247 e. The summed E-state index contributed by atoms with van der Waals surface area (Å²) < 4.78 is 5.44. The van der Waals surface area contributed by atoms with Crippen molar-refractivity contribution in [1.29, 1.82) is 0 Å². The van der Waals surface area contributed by atoms with E-state index in [4.69, 9.17) is 10.5 Å². The van der Waals surface area contributed by atoms with Gasteiger partial charge in [0.25, 0.3) is 0 Å². The highest BCUT2D eigenvalue weighted by Gasteiger charge is 2.29. The van der Waals surface area contributed by atoms with E-state index < -0.39 is 6.04 Å². The van der Waals surface area contributed by atoms with Crippen LogP contribution in [0.1, 0.15) is 6.92 Å². The molecule has 5 heteroatoms. The van der Waals surface area contributed by atoms with Gasteiger partial charge in [0.2, 0.25) is 5.91 Å². The quantitative estimate of drug-likeness (QED) is 0.800. The zero-order chi connectivity index (χ0) is 12.4. The highest BCUT2D eigenvalue weighted by Crippen LogP contribution is 2.30. The molecule has 0 aromatic heterocycles. The van der Waals surface area contributed by atoms with Gasteiger partial charge in [-0.05, 0) is 19.1 Å². The summed E-state index contributed by atoms with van der Waals surface area (Å²) >= 11 is 0. The summed E-state index contributed by atoms with van der Waals surface area (Å²) in [5.41, 5.74) is 6.29. The van der Waals surface area contributed by atoms with Gasteiger partial charge in [-0.15, -0.1) is 0 Å². The van der Waals surface area contributed by atoms with Gasteiger partial charge >= 0.3 is 0 Å². The number of Topliss-reactive ketones (excluding diaryl/α,β-unsaturated/α-hetero) is 1. The van der Waals surface area contributed by atoms with Crippen molar-refractivity contribution >= 4 is 17.4 Å². The number of hydrogen-bond acceptors (Lipinski definition) is 4. The van der Waals surface area contributed by atoms with Crippen LogP contribution in [0, 0.1) is 0 Å². The van der Waals surface area contributed by atoms with Gasteiger partial charge in [0.1, 0.15) is 24.2 Å². The Morgan fingerprint density at radius 3 is 2.94 bits per heavy atom. The number of fused-ring (bicyclic) bond motifs is 1. The Hall–Kier alpha value is -1.88. The molecule has 5 nitrogen and oxygen atoms in total. The number of para-hydroxylation sites is 2. The number of hydrogen-bond donors (Lipinski definition) is 1. The van der Waals surface area contributed by atoms with Crippen LogP contribution >= 0.6 is 0 Å². The van der Waals surface area contributed by atoms with E-state index in [0.29, 0.717) is 11.4 Å². The molecule has 1 heterocycles. The number of ether oxygens (including phenoxy) is 1. The Morgan fingerprint density at radius 2 is 2.24 bits per heavy atom. The number of nitrogens with two attached hydrogens (primary N) is 1. The van der Waals surface area contributed by atoms with Crippen molar-refractivity contribution in [1.82, 2.24) is 0 Å². The number of carbonyl (C=O) groups excluding carboxylic acids is 2. The number of anilines is 1. The molecule has 90 valence electrons. The van der Waals surface area contributed by atoms with E-state index in [1.807, 2.05) is 6.07 Å². The fourth-order valence-electron chi connectivity index (χ4n) is 1.76. The summed E-state index contributed by atoms with van der Waals surface area (Å²) in [7, 11) is 0. The number of rotatable bonds is 2. The minimum atomic E-state index is -0.734. The second-order valence-corrected chi connectivity index (χ2v) is 4.01. The Balaban J connectivity index is 2.43. The van der Waals surface area contributed by atoms with Crippen LogP contribution in [-0.2, 0) is 9.59 Å². The normalized spacial score (nSPS) is 19.3. The highest BCUT2D eigenvalue weighted by atomic mass is 16.5. The first-order valence-corrected chi connectivity index (χ1v) is 5.38. The molecular weight excluding hydrogens is 220 g/mol. The van der Waals surface area contributed by atoms with Crippen LogP contribution in [0.2, 0.25) is 0 Å². The van der Waals surface area contributed by atoms with Crippen molar-refractivity contribution in [3.8, 4) is 5.75 Å². The van der Waals surface area contributed by atoms with E-state index in [0.717, 1.165) is 0 Å². The molecule has 0 radical (unpaired) electrons. The summed E-state index contributed by atoms with van der Waals surface area (Å²) in [4.78, 5) is 24.6. The summed E-state index contributed by atoms with van der Waals surface area (Å²) in [6.45, 7) is 1.59. The number of ketones is 1. The molecular formula is C12H14N2O3. The van der Waals surface area contributed by atoms with E-state index in [2.05, 4.69) is 0 Å². The van der Waals surface area contributed by atoms with E-state index >= 15 is 0 Å². The lowest BCUT2D eigenvalue weighted by Gasteiger charge is -2.21. The second kappa shape index (κ2) is 4.55. The van der Waals surface area contributed by atoms with Gasteiger partial charge in [0.05, 0.1) is 12.2 Å². The highest BCUT2D eigenvalue weighted by molar-refractivity contribution is 6.03. The van der Waals surface area contributed by atoms with Crippen molar-refractivity contribution in [3.63, 3.8) is 0 Å². The fourth-order valence-corrected chi connectivity index (χ4v) is 1.76. The smallest absolute Gasteiger partial charge is 0.247 e. The minimum absolute atomic E-state index is 0.0207. The van der Waals surface area contributed by atoms with Crippen LogP contribution in [0.15, 0.2) is 24.3 Å². The van der Waals surface area contributed by atoms with Crippen molar-refractivity contribution in [2.45, 2.75) is 13.0 Å². The number of nitrogens with zero attached hydrogens (tertiary/aromatic N) is 1. The molecule has 0 saturated heterocycles. The third-order valence-electron chi connectivity index (χ3n) is 2.54. The summed E-state index contributed by atoms with van der Waals surface area (Å²) in [5.74, 6) is 0.197. The largest absolute Gasteiger partial charge is 0.489 e.